The van der Waals surface area contributed by atoms with Crippen molar-refractivity contribution in [2.45, 2.75) is 19.1 Å². The Bertz CT molecular complexity index is 494. The van der Waals surface area contributed by atoms with Crippen LogP contribution in [0, 0.1) is 5.82 Å². The van der Waals surface area contributed by atoms with Crippen LogP contribution in [0.15, 0.2) is 18.2 Å². The Hall–Kier alpha value is -1.50. The van der Waals surface area contributed by atoms with Gasteiger partial charge in [-0.3, -0.25) is 9.69 Å². The molecular formula is C14H18FNO4. The number of carbonyl (C=O) groups is 1. The van der Waals surface area contributed by atoms with Gasteiger partial charge in [-0.25, -0.2) is 4.39 Å². The fourth-order valence-electron chi connectivity index (χ4n) is 2.21. The van der Waals surface area contributed by atoms with Gasteiger partial charge in [0.15, 0.2) is 5.78 Å². The maximum Gasteiger partial charge on any atom is 0.180 e. The minimum atomic E-state index is -0.561. The normalized spacial score (nSPS) is 23.8. The molecule has 5 nitrogen and oxygen atoms in total. The van der Waals surface area contributed by atoms with Gasteiger partial charge in [0, 0.05) is 12.6 Å². The summed E-state index contributed by atoms with van der Waals surface area (Å²) in [5.74, 6) is -1.14. The first-order chi connectivity index (χ1) is 9.51. The number of nitrogens with zero attached hydrogens (tertiary/aromatic N) is 1. The van der Waals surface area contributed by atoms with Crippen molar-refractivity contribution in [3.8, 4) is 5.75 Å². The zero-order valence-electron chi connectivity index (χ0n) is 11.3. The molecule has 1 aromatic carbocycles. The Balaban J connectivity index is 2.08. The first-order valence-electron chi connectivity index (χ1n) is 6.49. The number of Topliss-reactive ketones (excluding diaryl/α,β-unsaturated/α-hetero) is 1. The number of phenols is 1. The molecule has 2 unspecified atom stereocenters. The molecule has 2 rings (SSSR count). The van der Waals surface area contributed by atoms with E-state index >= 15 is 0 Å². The number of benzene rings is 1. The van der Waals surface area contributed by atoms with E-state index in [2.05, 4.69) is 0 Å². The summed E-state index contributed by atoms with van der Waals surface area (Å²) in [5, 5.41) is 18.7. The lowest BCUT2D eigenvalue weighted by Gasteiger charge is -2.36. The van der Waals surface area contributed by atoms with Gasteiger partial charge in [-0.1, -0.05) is 0 Å². The second kappa shape index (κ2) is 6.30. The number of hydrogen-bond donors (Lipinski definition) is 2. The fourth-order valence-corrected chi connectivity index (χ4v) is 2.21. The summed E-state index contributed by atoms with van der Waals surface area (Å²) < 4.78 is 18.5. The van der Waals surface area contributed by atoms with Gasteiger partial charge >= 0.3 is 0 Å². The van der Waals surface area contributed by atoms with Crippen molar-refractivity contribution in [1.29, 1.82) is 0 Å². The number of rotatable bonds is 4. The van der Waals surface area contributed by atoms with Crippen LogP contribution in [-0.2, 0) is 4.74 Å². The zero-order chi connectivity index (χ0) is 14.7. The monoisotopic (exact) mass is 283 g/mol. The van der Waals surface area contributed by atoms with E-state index in [0.717, 1.165) is 12.1 Å². The third kappa shape index (κ3) is 3.33. The summed E-state index contributed by atoms with van der Waals surface area (Å²) in [7, 11) is 0. The van der Waals surface area contributed by atoms with Crippen LogP contribution in [-0.4, -0.2) is 59.3 Å². The van der Waals surface area contributed by atoms with Crippen molar-refractivity contribution in [2.75, 3.05) is 26.3 Å². The van der Waals surface area contributed by atoms with Crippen LogP contribution >= 0.6 is 0 Å². The molecule has 20 heavy (non-hydrogen) atoms. The van der Waals surface area contributed by atoms with Gasteiger partial charge in [-0.2, -0.15) is 0 Å². The average Bonchev–Trinajstić information content (AvgIpc) is 2.43. The molecule has 1 aromatic rings. The summed E-state index contributed by atoms with van der Waals surface area (Å²) in [6.45, 7) is 2.71. The number of aromatic hydroxyl groups is 1. The molecule has 1 aliphatic heterocycles. The smallest absolute Gasteiger partial charge is 0.180 e. The molecule has 2 atom stereocenters. The third-order valence-corrected chi connectivity index (χ3v) is 3.44. The number of hydrogen-bond acceptors (Lipinski definition) is 5. The Labute approximate surface area is 116 Å². The lowest BCUT2D eigenvalue weighted by Crippen LogP contribution is -2.51. The van der Waals surface area contributed by atoms with Crippen LogP contribution in [0.4, 0.5) is 4.39 Å². The van der Waals surface area contributed by atoms with Gasteiger partial charge in [0.2, 0.25) is 0 Å². The van der Waals surface area contributed by atoms with Gasteiger partial charge in [0.25, 0.3) is 0 Å². The second-order valence-electron chi connectivity index (χ2n) is 5.00. The second-order valence-corrected chi connectivity index (χ2v) is 5.00. The first-order valence-corrected chi connectivity index (χ1v) is 6.49. The topological polar surface area (TPSA) is 70.0 Å². The molecule has 1 fully saturated rings. The molecule has 6 heteroatoms. The van der Waals surface area contributed by atoms with Crippen LogP contribution in [0.25, 0.3) is 0 Å². The van der Waals surface area contributed by atoms with Gasteiger partial charge in [-0.05, 0) is 25.1 Å². The van der Waals surface area contributed by atoms with E-state index in [1.807, 2.05) is 11.8 Å². The standard InChI is InChI=1S/C14H18FNO4/c1-9-8-20-11(7-17)5-16(9)6-14(19)12-4-10(15)2-3-13(12)18/h2-4,9,11,17-18H,5-8H2,1H3. The molecule has 1 saturated heterocycles. The highest BCUT2D eigenvalue weighted by atomic mass is 19.1. The predicted octanol–water partition coefficient (Wildman–Crippen LogP) is 0.796. The predicted molar refractivity (Wildman–Crippen MR) is 70.3 cm³/mol. The Morgan fingerprint density at radius 2 is 2.30 bits per heavy atom. The minimum absolute atomic E-state index is 0.0239. The van der Waals surface area contributed by atoms with Crippen LogP contribution in [0.2, 0.25) is 0 Å². The van der Waals surface area contributed by atoms with Crippen molar-refractivity contribution < 1.29 is 24.1 Å². The molecule has 110 valence electrons. The summed E-state index contributed by atoms with van der Waals surface area (Å²) in [6.07, 6.45) is -0.319. The molecule has 1 aliphatic rings. The molecular weight excluding hydrogens is 265 g/mol. The lowest BCUT2D eigenvalue weighted by molar-refractivity contribution is -0.0748. The fraction of sp³-hybridized carbons (Fsp3) is 0.500. The van der Waals surface area contributed by atoms with Crippen LogP contribution in [0.5, 0.6) is 5.75 Å². The van der Waals surface area contributed by atoms with Crippen LogP contribution in [0.3, 0.4) is 0 Å². The average molecular weight is 283 g/mol. The van der Waals surface area contributed by atoms with E-state index in [9.17, 15) is 14.3 Å². The largest absolute Gasteiger partial charge is 0.507 e. The maximum atomic E-state index is 13.1. The van der Waals surface area contributed by atoms with Crippen LogP contribution in [0.1, 0.15) is 17.3 Å². The van der Waals surface area contributed by atoms with Gasteiger partial charge < -0.3 is 14.9 Å². The molecule has 0 amide bonds. The highest BCUT2D eigenvalue weighted by molar-refractivity contribution is 6.00. The number of aliphatic hydroxyl groups is 1. The molecule has 0 aliphatic carbocycles. The number of ether oxygens (including phenoxy) is 1. The van der Waals surface area contributed by atoms with Crippen molar-refractivity contribution >= 4 is 5.78 Å². The zero-order valence-corrected chi connectivity index (χ0v) is 11.3. The molecule has 1 heterocycles. The van der Waals surface area contributed by atoms with E-state index in [0.29, 0.717) is 13.2 Å². The number of carbonyl (C=O) groups excluding carboxylic acids is 1. The van der Waals surface area contributed by atoms with Crippen molar-refractivity contribution in [1.82, 2.24) is 4.90 Å². The number of morpholine rings is 1. The minimum Gasteiger partial charge on any atom is -0.507 e. The Kier molecular flexibility index (Phi) is 4.69. The molecule has 2 N–H and O–H groups in total. The molecule has 0 radical (unpaired) electrons. The summed E-state index contributed by atoms with van der Waals surface area (Å²) >= 11 is 0. The highest BCUT2D eigenvalue weighted by Gasteiger charge is 2.28. The Morgan fingerprint density at radius 3 is 3.00 bits per heavy atom. The van der Waals surface area contributed by atoms with Crippen LogP contribution < -0.4 is 0 Å². The number of aliphatic hydroxyl groups excluding tert-OH is 1. The van der Waals surface area contributed by atoms with E-state index in [1.165, 1.54) is 6.07 Å². The molecule has 0 aromatic heterocycles. The lowest BCUT2D eigenvalue weighted by atomic mass is 10.1. The van der Waals surface area contributed by atoms with Gasteiger partial charge in [0.05, 0.1) is 31.4 Å². The van der Waals surface area contributed by atoms with Gasteiger partial charge in [0.1, 0.15) is 11.6 Å². The first kappa shape index (κ1) is 14.9. The molecule has 0 spiro atoms. The van der Waals surface area contributed by atoms with Crippen molar-refractivity contribution in [2.24, 2.45) is 0 Å². The number of phenolic OH excluding ortho intramolecular Hbond substituents is 1. The van der Waals surface area contributed by atoms with Crippen molar-refractivity contribution in [3.63, 3.8) is 0 Å². The Morgan fingerprint density at radius 1 is 1.55 bits per heavy atom. The van der Waals surface area contributed by atoms with E-state index in [1.54, 1.807) is 0 Å². The number of ketones is 1. The van der Waals surface area contributed by atoms with Gasteiger partial charge in [-0.15, -0.1) is 0 Å². The maximum absolute atomic E-state index is 13.1. The third-order valence-electron chi connectivity index (χ3n) is 3.44. The highest BCUT2D eigenvalue weighted by Crippen LogP contribution is 2.20. The summed E-state index contributed by atoms with van der Waals surface area (Å²) in [5.41, 5.74) is -0.0239. The van der Waals surface area contributed by atoms with E-state index in [-0.39, 0.29) is 42.4 Å². The summed E-state index contributed by atoms with van der Waals surface area (Å²) in [4.78, 5) is 14.0. The van der Waals surface area contributed by atoms with E-state index < -0.39 is 5.82 Å². The quantitative estimate of drug-likeness (QED) is 0.800. The van der Waals surface area contributed by atoms with Crippen molar-refractivity contribution in [3.05, 3.63) is 29.6 Å². The summed E-state index contributed by atoms with van der Waals surface area (Å²) in [6, 6.07) is 3.33. The molecule has 0 bridgehead atoms. The SMILES string of the molecule is CC1COC(CO)CN1CC(=O)c1cc(F)ccc1O. The molecule has 0 saturated carbocycles. The number of halogens is 1. The van der Waals surface area contributed by atoms with E-state index in [4.69, 9.17) is 9.84 Å².